The standard InChI is InChI=1S/C22H26N2O/c25-22(23-21-16-20(21)19-9-5-2-6-10-19)24-13-11-18(12-14-24)15-17-7-3-1-4-8-17/h1-10,18,20-21H,11-16H2,(H,23,25). The monoisotopic (exact) mass is 334 g/mol. The topological polar surface area (TPSA) is 32.3 Å². The van der Waals surface area contributed by atoms with Crippen LogP contribution in [0.25, 0.3) is 0 Å². The third-order valence-corrected chi connectivity index (χ3v) is 5.60. The van der Waals surface area contributed by atoms with Gasteiger partial charge in [-0.1, -0.05) is 60.7 Å². The number of piperidine rings is 1. The van der Waals surface area contributed by atoms with E-state index in [2.05, 4.69) is 59.9 Å². The SMILES string of the molecule is O=C(NC1CC1c1ccccc1)N1CCC(Cc2ccccc2)CC1. The number of likely N-dealkylation sites (tertiary alicyclic amines) is 1. The number of nitrogens with one attached hydrogen (secondary N) is 1. The molecule has 2 aromatic rings. The quantitative estimate of drug-likeness (QED) is 0.892. The molecule has 1 saturated carbocycles. The van der Waals surface area contributed by atoms with Crippen molar-refractivity contribution in [3.63, 3.8) is 0 Å². The molecule has 2 aromatic carbocycles. The third kappa shape index (κ3) is 4.04. The van der Waals surface area contributed by atoms with Crippen molar-refractivity contribution in [2.75, 3.05) is 13.1 Å². The Labute approximate surface area is 150 Å². The number of hydrogen-bond donors (Lipinski definition) is 1. The van der Waals surface area contributed by atoms with Crippen molar-refractivity contribution in [3.05, 3.63) is 71.8 Å². The van der Waals surface area contributed by atoms with Crippen LogP contribution >= 0.6 is 0 Å². The first-order valence-electron chi connectivity index (χ1n) is 9.44. The molecule has 2 atom stereocenters. The molecular formula is C22H26N2O. The van der Waals surface area contributed by atoms with Crippen molar-refractivity contribution in [2.24, 2.45) is 5.92 Å². The second kappa shape index (κ2) is 7.30. The van der Waals surface area contributed by atoms with Gasteiger partial charge in [-0.05, 0) is 42.7 Å². The first kappa shape index (κ1) is 16.2. The van der Waals surface area contributed by atoms with E-state index in [1.54, 1.807) is 0 Å². The fourth-order valence-electron chi connectivity index (χ4n) is 3.96. The normalized spacial score (nSPS) is 23.3. The van der Waals surface area contributed by atoms with Gasteiger partial charge < -0.3 is 10.2 Å². The Hall–Kier alpha value is -2.29. The maximum Gasteiger partial charge on any atom is 0.317 e. The second-order valence-electron chi connectivity index (χ2n) is 7.43. The Morgan fingerprint density at radius 2 is 1.60 bits per heavy atom. The first-order chi connectivity index (χ1) is 12.3. The summed E-state index contributed by atoms with van der Waals surface area (Å²) in [5.74, 6) is 1.20. The van der Waals surface area contributed by atoms with Crippen molar-refractivity contribution in [1.82, 2.24) is 10.2 Å². The molecular weight excluding hydrogens is 308 g/mol. The van der Waals surface area contributed by atoms with E-state index in [0.29, 0.717) is 17.9 Å². The van der Waals surface area contributed by atoms with Gasteiger partial charge in [-0.2, -0.15) is 0 Å². The Morgan fingerprint density at radius 3 is 2.28 bits per heavy atom. The van der Waals surface area contributed by atoms with E-state index in [0.717, 1.165) is 38.8 Å². The van der Waals surface area contributed by atoms with Crippen LogP contribution in [0.15, 0.2) is 60.7 Å². The molecule has 1 N–H and O–H groups in total. The average molecular weight is 334 g/mol. The lowest BCUT2D eigenvalue weighted by atomic mass is 9.90. The molecule has 0 aromatic heterocycles. The van der Waals surface area contributed by atoms with Crippen molar-refractivity contribution in [2.45, 2.75) is 37.6 Å². The molecule has 1 heterocycles. The summed E-state index contributed by atoms with van der Waals surface area (Å²) in [6, 6.07) is 21.6. The highest BCUT2D eigenvalue weighted by Crippen LogP contribution is 2.40. The molecule has 0 bridgehead atoms. The van der Waals surface area contributed by atoms with Gasteiger partial charge in [0.2, 0.25) is 0 Å². The van der Waals surface area contributed by atoms with Gasteiger partial charge in [0.05, 0.1) is 0 Å². The van der Waals surface area contributed by atoms with Crippen LogP contribution in [0.1, 0.15) is 36.3 Å². The number of carbonyl (C=O) groups excluding carboxylic acids is 1. The van der Waals surface area contributed by atoms with E-state index >= 15 is 0 Å². The average Bonchev–Trinajstić information content (AvgIpc) is 3.43. The summed E-state index contributed by atoms with van der Waals surface area (Å²) in [6.45, 7) is 1.76. The van der Waals surface area contributed by atoms with Crippen molar-refractivity contribution in [3.8, 4) is 0 Å². The molecule has 0 radical (unpaired) electrons. The minimum Gasteiger partial charge on any atom is -0.335 e. The lowest BCUT2D eigenvalue weighted by Crippen LogP contribution is -2.45. The molecule has 1 aliphatic heterocycles. The van der Waals surface area contributed by atoms with E-state index in [9.17, 15) is 4.79 Å². The number of hydrogen-bond acceptors (Lipinski definition) is 1. The molecule has 3 nitrogen and oxygen atoms in total. The fourth-order valence-corrected chi connectivity index (χ4v) is 3.96. The molecule has 0 spiro atoms. The number of carbonyl (C=O) groups is 1. The summed E-state index contributed by atoms with van der Waals surface area (Å²) in [5, 5.41) is 3.22. The predicted octanol–water partition coefficient (Wildman–Crippen LogP) is 4.21. The van der Waals surface area contributed by atoms with Gasteiger partial charge in [0.1, 0.15) is 0 Å². The second-order valence-corrected chi connectivity index (χ2v) is 7.43. The van der Waals surface area contributed by atoms with E-state index in [-0.39, 0.29) is 6.03 Å². The zero-order valence-corrected chi connectivity index (χ0v) is 14.6. The number of amides is 2. The largest absolute Gasteiger partial charge is 0.335 e. The maximum atomic E-state index is 12.5. The molecule has 1 aliphatic carbocycles. The van der Waals surface area contributed by atoms with Crippen LogP contribution in [0, 0.1) is 5.92 Å². The van der Waals surface area contributed by atoms with Gasteiger partial charge in [0.15, 0.2) is 0 Å². The molecule has 2 unspecified atom stereocenters. The minimum atomic E-state index is 0.126. The summed E-state index contributed by atoms with van der Waals surface area (Å²) in [5.41, 5.74) is 2.75. The zero-order chi connectivity index (χ0) is 17.1. The summed E-state index contributed by atoms with van der Waals surface area (Å²) < 4.78 is 0. The zero-order valence-electron chi connectivity index (χ0n) is 14.6. The smallest absolute Gasteiger partial charge is 0.317 e. The summed E-state index contributed by atoms with van der Waals surface area (Å²) in [7, 11) is 0. The van der Waals surface area contributed by atoms with Gasteiger partial charge in [0, 0.05) is 25.0 Å². The van der Waals surface area contributed by atoms with Crippen molar-refractivity contribution in [1.29, 1.82) is 0 Å². The molecule has 2 fully saturated rings. The van der Waals surface area contributed by atoms with Crippen LogP contribution in [0.3, 0.4) is 0 Å². The molecule has 2 amide bonds. The number of urea groups is 1. The van der Waals surface area contributed by atoms with E-state index < -0.39 is 0 Å². The summed E-state index contributed by atoms with van der Waals surface area (Å²) >= 11 is 0. The van der Waals surface area contributed by atoms with Gasteiger partial charge in [-0.15, -0.1) is 0 Å². The number of benzene rings is 2. The minimum absolute atomic E-state index is 0.126. The highest BCUT2D eigenvalue weighted by Gasteiger charge is 2.40. The fraction of sp³-hybridized carbons (Fsp3) is 0.409. The van der Waals surface area contributed by atoms with Crippen LogP contribution in [0.4, 0.5) is 4.79 Å². The van der Waals surface area contributed by atoms with Gasteiger partial charge in [-0.25, -0.2) is 4.79 Å². The van der Waals surface area contributed by atoms with Crippen LogP contribution in [0.5, 0.6) is 0 Å². The van der Waals surface area contributed by atoms with E-state index in [1.807, 2.05) is 11.0 Å². The number of nitrogens with zero attached hydrogens (tertiary/aromatic N) is 1. The van der Waals surface area contributed by atoms with E-state index in [4.69, 9.17) is 0 Å². The molecule has 3 heteroatoms. The van der Waals surface area contributed by atoms with Crippen molar-refractivity contribution >= 4 is 6.03 Å². The van der Waals surface area contributed by atoms with Crippen LogP contribution in [-0.2, 0) is 6.42 Å². The summed E-state index contributed by atoms with van der Waals surface area (Å²) in [4.78, 5) is 14.5. The highest BCUT2D eigenvalue weighted by atomic mass is 16.2. The molecule has 130 valence electrons. The maximum absolute atomic E-state index is 12.5. The van der Waals surface area contributed by atoms with Crippen molar-refractivity contribution < 1.29 is 4.79 Å². The number of rotatable bonds is 4. The van der Waals surface area contributed by atoms with Gasteiger partial charge in [0.25, 0.3) is 0 Å². The molecule has 25 heavy (non-hydrogen) atoms. The lowest BCUT2D eigenvalue weighted by Gasteiger charge is -2.32. The van der Waals surface area contributed by atoms with E-state index in [1.165, 1.54) is 11.1 Å². The Bertz CT molecular complexity index is 692. The van der Waals surface area contributed by atoms with Gasteiger partial charge >= 0.3 is 6.03 Å². The first-order valence-corrected chi connectivity index (χ1v) is 9.44. The lowest BCUT2D eigenvalue weighted by molar-refractivity contribution is 0.170. The van der Waals surface area contributed by atoms with Crippen LogP contribution in [-0.4, -0.2) is 30.1 Å². The molecule has 2 aliphatic rings. The van der Waals surface area contributed by atoms with Crippen LogP contribution < -0.4 is 5.32 Å². The Kier molecular flexibility index (Phi) is 4.73. The summed E-state index contributed by atoms with van der Waals surface area (Å²) in [6.07, 6.45) is 4.42. The predicted molar refractivity (Wildman–Crippen MR) is 101 cm³/mol. The Balaban J connectivity index is 1.22. The highest BCUT2D eigenvalue weighted by molar-refractivity contribution is 5.75. The third-order valence-electron chi connectivity index (χ3n) is 5.60. The van der Waals surface area contributed by atoms with Crippen LogP contribution in [0.2, 0.25) is 0 Å². The molecule has 1 saturated heterocycles. The van der Waals surface area contributed by atoms with Gasteiger partial charge in [-0.3, -0.25) is 0 Å². The molecule has 4 rings (SSSR count). The Morgan fingerprint density at radius 1 is 0.960 bits per heavy atom.